The summed E-state index contributed by atoms with van der Waals surface area (Å²) in [7, 11) is 1.51. The van der Waals surface area contributed by atoms with Crippen molar-refractivity contribution in [2.75, 3.05) is 13.7 Å². The number of hydrogen-bond donors (Lipinski definition) is 1. The van der Waals surface area contributed by atoms with Crippen molar-refractivity contribution in [2.24, 2.45) is 0 Å². The first kappa shape index (κ1) is 47.6. The van der Waals surface area contributed by atoms with Crippen molar-refractivity contribution in [1.82, 2.24) is 5.32 Å². The first-order valence-electron chi connectivity index (χ1n) is 22.1. The normalized spacial score (nSPS) is 25.4. The van der Waals surface area contributed by atoms with Crippen molar-refractivity contribution in [3.05, 3.63) is 179 Å². The van der Waals surface area contributed by atoms with Crippen LogP contribution in [0.4, 0.5) is 4.39 Å². The quantitative estimate of drug-likeness (QED) is 0.0684. The Bertz CT molecular complexity index is 2140. The van der Waals surface area contributed by atoms with Gasteiger partial charge in [-0.2, -0.15) is 0 Å². The lowest BCUT2D eigenvalue weighted by Gasteiger charge is -2.49. The molecule has 2 heterocycles. The second kappa shape index (κ2) is 24.8. The number of amides is 1. The summed E-state index contributed by atoms with van der Waals surface area (Å²) in [6, 6.07) is 47.8. The van der Waals surface area contributed by atoms with Gasteiger partial charge in [0.15, 0.2) is 12.4 Å². The predicted octanol–water partition coefficient (Wildman–Crippen LogP) is 7.81. The molecule has 0 aromatic heterocycles. The summed E-state index contributed by atoms with van der Waals surface area (Å²) in [6.45, 7) is 2.37. The van der Waals surface area contributed by atoms with Gasteiger partial charge in [-0.25, -0.2) is 4.39 Å². The standard InChI is InChI=1S/C52H58FNO11/c1-36-45(64-44(56)29-28-43(55)54-2)47(59-32-39-22-12-5-13-23-39)50(61-34-41-26-16-7-17-27-41)52(62-36)65-48-46(58-31-38-20-10-4-11-21-38)42(35-57-30-37-18-8-3-9-19-37)63-51(53)49(48)60-33-40-24-14-6-15-25-40/h3-27,36,42,45-52H,28-35H2,1-2H3,(H,54,55)/t36?,42?,45-,46-,47+,48-,49?,50?,51+,52?/m0/s1. The maximum atomic E-state index is 16.9. The largest absolute Gasteiger partial charge is 0.457 e. The number of esters is 1. The van der Waals surface area contributed by atoms with Crippen LogP contribution in [-0.2, 0) is 85.3 Å². The molecule has 1 N–H and O–H groups in total. The lowest BCUT2D eigenvalue weighted by molar-refractivity contribution is -0.363. The molecule has 5 aromatic carbocycles. The number of halogens is 1. The van der Waals surface area contributed by atoms with E-state index in [0.29, 0.717) is 0 Å². The zero-order valence-corrected chi connectivity index (χ0v) is 36.7. The van der Waals surface area contributed by atoms with Crippen LogP contribution in [0, 0.1) is 0 Å². The zero-order valence-electron chi connectivity index (χ0n) is 36.7. The van der Waals surface area contributed by atoms with E-state index in [-0.39, 0.29) is 58.4 Å². The van der Waals surface area contributed by atoms with Crippen molar-refractivity contribution >= 4 is 11.9 Å². The monoisotopic (exact) mass is 891 g/mol. The lowest BCUT2D eigenvalue weighted by Crippen LogP contribution is -2.65. The minimum Gasteiger partial charge on any atom is -0.457 e. The Morgan fingerprint density at radius 2 is 0.954 bits per heavy atom. The van der Waals surface area contributed by atoms with Gasteiger partial charge in [0.05, 0.1) is 52.2 Å². The third kappa shape index (κ3) is 14.1. The minimum absolute atomic E-state index is 0.0349. The second-order valence-corrected chi connectivity index (χ2v) is 16.0. The fourth-order valence-electron chi connectivity index (χ4n) is 7.78. The highest BCUT2D eigenvalue weighted by Crippen LogP contribution is 2.36. The zero-order chi connectivity index (χ0) is 45.2. The summed E-state index contributed by atoms with van der Waals surface area (Å²) >= 11 is 0. The van der Waals surface area contributed by atoms with Crippen molar-refractivity contribution in [2.45, 2.75) is 114 Å². The molecule has 12 nitrogen and oxygen atoms in total. The molecule has 65 heavy (non-hydrogen) atoms. The summed E-state index contributed by atoms with van der Waals surface area (Å²) in [5, 5.41) is 2.54. The van der Waals surface area contributed by atoms with Gasteiger partial charge in [0.25, 0.3) is 0 Å². The molecule has 1 amide bonds. The van der Waals surface area contributed by atoms with Gasteiger partial charge in [-0.1, -0.05) is 152 Å². The molecule has 0 spiro atoms. The smallest absolute Gasteiger partial charge is 0.306 e. The SMILES string of the molecule is CNC(=O)CCC(=O)O[C@H]1C(C)OC(O[C@@H]2C(OCc3ccccc3)[C@H](F)OC(COCc3ccccc3)[C@@H]2OCc2ccccc2)C(OCc2ccccc2)[C@@H]1OCc1ccccc1. The number of carbonyl (C=O) groups excluding carboxylic acids is 2. The van der Waals surface area contributed by atoms with Gasteiger partial charge in [-0.3, -0.25) is 9.59 Å². The van der Waals surface area contributed by atoms with Crippen LogP contribution in [0.2, 0.25) is 0 Å². The third-order valence-corrected chi connectivity index (χ3v) is 11.2. The number of benzene rings is 5. The van der Waals surface area contributed by atoms with Gasteiger partial charge >= 0.3 is 5.97 Å². The van der Waals surface area contributed by atoms with Crippen LogP contribution in [-0.4, -0.2) is 87.0 Å². The Kier molecular flexibility index (Phi) is 18.2. The van der Waals surface area contributed by atoms with E-state index >= 15 is 4.39 Å². The minimum atomic E-state index is -1.98. The van der Waals surface area contributed by atoms with Gasteiger partial charge in [-0.05, 0) is 34.7 Å². The van der Waals surface area contributed by atoms with Crippen LogP contribution >= 0.6 is 0 Å². The number of nitrogens with one attached hydrogen (secondary N) is 1. The summed E-state index contributed by atoms with van der Waals surface area (Å²) in [5.74, 6) is -0.917. The molecule has 0 radical (unpaired) electrons. The van der Waals surface area contributed by atoms with Gasteiger partial charge in [0.2, 0.25) is 12.3 Å². The van der Waals surface area contributed by atoms with Crippen LogP contribution in [0.5, 0.6) is 0 Å². The predicted molar refractivity (Wildman–Crippen MR) is 238 cm³/mol. The van der Waals surface area contributed by atoms with E-state index in [9.17, 15) is 9.59 Å². The molecular formula is C52H58FNO11. The summed E-state index contributed by atoms with van der Waals surface area (Å²) in [6.07, 6.45) is -11.7. The van der Waals surface area contributed by atoms with Crippen molar-refractivity contribution in [1.29, 1.82) is 0 Å². The van der Waals surface area contributed by atoms with E-state index in [2.05, 4.69) is 5.32 Å². The molecule has 2 aliphatic heterocycles. The van der Waals surface area contributed by atoms with E-state index in [1.54, 1.807) is 6.92 Å². The fourth-order valence-corrected chi connectivity index (χ4v) is 7.78. The van der Waals surface area contributed by atoms with E-state index in [4.69, 9.17) is 42.6 Å². The first-order chi connectivity index (χ1) is 31.8. The number of alkyl halides is 1. The average molecular weight is 892 g/mol. The summed E-state index contributed by atoms with van der Waals surface area (Å²) < 4.78 is 75.6. The molecule has 2 fully saturated rings. The maximum Gasteiger partial charge on any atom is 0.306 e. The fraction of sp³-hybridized carbons (Fsp3) is 0.385. The summed E-state index contributed by atoms with van der Waals surface area (Å²) in [4.78, 5) is 25.5. The molecule has 0 aliphatic carbocycles. The van der Waals surface area contributed by atoms with Gasteiger partial charge in [0, 0.05) is 13.5 Å². The van der Waals surface area contributed by atoms with Gasteiger partial charge < -0.3 is 47.9 Å². The summed E-state index contributed by atoms with van der Waals surface area (Å²) in [5.41, 5.74) is 4.34. The number of carbonyl (C=O) groups is 2. The van der Waals surface area contributed by atoms with E-state index in [1.165, 1.54) is 7.05 Å². The van der Waals surface area contributed by atoms with Crippen LogP contribution in [0.3, 0.4) is 0 Å². The molecular weight excluding hydrogens is 834 g/mol. The second-order valence-electron chi connectivity index (χ2n) is 16.0. The Balaban J connectivity index is 1.24. The van der Waals surface area contributed by atoms with Crippen LogP contribution in [0.25, 0.3) is 0 Å². The van der Waals surface area contributed by atoms with E-state index in [0.717, 1.165) is 27.8 Å². The highest BCUT2D eigenvalue weighted by molar-refractivity contribution is 5.81. The van der Waals surface area contributed by atoms with Crippen molar-refractivity contribution in [3.8, 4) is 0 Å². The Labute approximate surface area is 380 Å². The van der Waals surface area contributed by atoms with Gasteiger partial charge in [-0.15, -0.1) is 0 Å². The lowest BCUT2D eigenvalue weighted by atomic mass is 9.96. The van der Waals surface area contributed by atoms with Crippen LogP contribution in [0.15, 0.2) is 152 Å². The van der Waals surface area contributed by atoms with Crippen LogP contribution in [0.1, 0.15) is 47.6 Å². The van der Waals surface area contributed by atoms with Gasteiger partial charge in [0.1, 0.15) is 36.6 Å². The molecule has 344 valence electrons. The van der Waals surface area contributed by atoms with Crippen molar-refractivity contribution < 1.29 is 56.6 Å². The van der Waals surface area contributed by atoms with Crippen molar-refractivity contribution in [3.63, 3.8) is 0 Å². The Hall–Kier alpha value is -5.35. The molecule has 10 atom stereocenters. The highest BCUT2D eigenvalue weighted by atomic mass is 19.1. The molecule has 7 rings (SSSR count). The number of hydrogen-bond acceptors (Lipinski definition) is 11. The molecule has 2 aliphatic rings. The Morgan fingerprint density at radius 1 is 0.523 bits per heavy atom. The number of ether oxygens (including phenoxy) is 9. The molecule has 0 bridgehead atoms. The van der Waals surface area contributed by atoms with Crippen LogP contribution < -0.4 is 5.32 Å². The number of rotatable bonds is 22. The topological polar surface area (TPSA) is 129 Å². The Morgan fingerprint density at radius 3 is 1.43 bits per heavy atom. The third-order valence-electron chi connectivity index (χ3n) is 11.2. The molecule has 0 saturated carbocycles. The highest BCUT2D eigenvalue weighted by Gasteiger charge is 2.54. The molecule has 2 saturated heterocycles. The maximum absolute atomic E-state index is 16.9. The van der Waals surface area contributed by atoms with E-state index in [1.807, 2.05) is 152 Å². The molecule has 5 aromatic rings. The average Bonchev–Trinajstić information content (AvgIpc) is 3.34. The molecule has 5 unspecified atom stereocenters. The molecule has 13 heteroatoms. The van der Waals surface area contributed by atoms with E-state index < -0.39 is 67.4 Å². The first-order valence-corrected chi connectivity index (χ1v) is 22.1.